The maximum atomic E-state index is 12.9. The molecular weight excluding hydrogens is 451 g/mol. The lowest BCUT2D eigenvalue weighted by Crippen LogP contribution is -2.32. The van der Waals surface area contributed by atoms with Crippen molar-refractivity contribution in [2.24, 2.45) is 5.73 Å². The smallest absolute Gasteiger partial charge is 0.267 e. The second kappa shape index (κ2) is 13.6. The molecule has 35 heavy (non-hydrogen) atoms. The zero-order valence-electron chi connectivity index (χ0n) is 20.1. The summed E-state index contributed by atoms with van der Waals surface area (Å²) in [6.45, 7) is 11.5. The van der Waals surface area contributed by atoms with Crippen LogP contribution in [0.3, 0.4) is 0 Å². The van der Waals surface area contributed by atoms with Crippen molar-refractivity contribution in [3.63, 3.8) is 0 Å². The lowest BCUT2D eigenvalue weighted by Gasteiger charge is -2.15. The van der Waals surface area contributed by atoms with Crippen molar-refractivity contribution >= 4 is 11.8 Å². The molecule has 1 atom stereocenters. The van der Waals surface area contributed by atoms with Gasteiger partial charge in [0.25, 0.3) is 11.8 Å². The number of ether oxygens (including phenoxy) is 2. The molecule has 1 aliphatic rings. The fraction of sp³-hybridized carbons (Fsp3) is 0.308. The third kappa shape index (κ3) is 8.69. The topological polar surface area (TPSA) is 108 Å². The SMILES string of the molecule is C=CCN1CCC(Oc2cc(C(N)=O)nc(CC=CC(=CCC)OC(C=CC(=C)F)=CC)n2)C1=O. The molecule has 1 unspecified atom stereocenters. The lowest BCUT2D eigenvalue weighted by atomic mass is 10.2. The second-order valence-corrected chi connectivity index (χ2v) is 7.53. The van der Waals surface area contributed by atoms with E-state index in [-0.39, 0.29) is 29.7 Å². The van der Waals surface area contributed by atoms with Gasteiger partial charge in [-0.15, -0.1) is 6.58 Å². The molecule has 9 heteroatoms. The van der Waals surface area contributed by atoms with Crippen molar-refractivity contribution in [1.29, 1.82) is 0 Å². The molecule has 0 spiro atoms. The Balaban J connectivity index is 2.16. The van der Waals surface area contributed by atoms with Crippen molar-refractivity contribution in [2.45, 2.75) is 39.2 Å². The van der Waals surface area contributed by atoms with Gasteiger partial charge in [-0.1, -0.05) is 25.7 Å². The largest absolute Gasteiger partial charge is 0.464 e. The highest BCUT2D eigenvalue weighted by Crippen LogP contribution is 2.19. The van der Waals surface area contributed by atoms with E-state index in [0.717, 1.165) is 0 Å². The average Bonchev–Trinajstić information content (AvgIpc) is 3.15. The Kier molecular flexibility index (Phi) is 10.6. The zero-order chi connectivity index (χ0) is 25.8. The number of hydrogen-bond donors (Lipinski definition) is 1. The van der Waals surface area contributed by atoms with Crippen LogP contribution < -0.4 is 10.5 Å². The summed E-state index contributed by atoms with van der Waals surface area (Å²) in [4.78, 5) is 34.4. The summed E-state index contributed by atoms with van der Waals surface area (Å²) in [7, 11) is 0. The van der Waals surface area contributed by atoms with Crippen molar-refractivity contribution in [2.75, 3.05) is 13.1 Å². The summed E-state index contributed by atoms with van der Waals surface area (Å²) in [6, 6.07) is 1.33. The molecule has 1 aromatic heterocycles. The molecule has 0 radical (unpaired) electrons. The summed E-state index contributed by atoms with van der Waals surface area (Å²) in [5.41, 5.74) is 5.41. The van der Waals surface area contributed by atoms with Crippen molar-refractivity contribution < 1.29 is 23.5 Å². The molecule has 2 N–H and O–H groups in total. The van der Waals surface area contributed by atoms with Crippen molar-refractivity contribution in [3.05, 3.63) is 90.6 Å². The molecule has 2 amide bonds. The first kappa shape index (κ1) is 27.2. The van der Waals surface area contributed by atoms with Crippen LogP contribution in [0.25, 0.3) is 0 Å². The van der Waals surface area contributed by atoms with Gasteiger partial charge in [-0.3, -0.25) is 9.59 Å². The molecule has 2 heterocycles. The monoisotopic (exact) mass is 482 g/mol. The fourth-order valence-corrected chi connectivity index (χ4v) is 3.18. The van der Waals surface area contributed by atoms with Crippen molar-refractivity contribution in [3.8, 4) is 5.88 Å². The van der Waals surface area contributed by atoms with Crippen LogP contribution in [-0.2, 0) is 16.0 Å². The van der Waals surface area contributed by atoms with Crippen LogP contribution in [0.4, 0.5) is 4.39 Å². The summed E-state index contributed by atoms with van der Waals surface area (Å²) >= 11 is 0. The number of nitrogens with two attached hydrogens (primary N) is 1. The number of hydrogen-bond acceptors (Lipinski definition) is 6. The van der Waals surface area contributed by atoms with Crippen LogP contribution in [0.5, 0.6) is 5.88 Å². The molecule has 8 nitrogen and oxygen atoms in total. The fourth-order valence-electron chi connectivity index (χ4n) is 3.18. The van der Waals surface area contributed by atoms with E-state index in [9.17, 15) is 14.0 Å². The van der Waals surface area contributed by atoms with Crippen LogP contribution in [0.15, 0.2) is 79.1 Å². The number of carbonyl (C=O) groups is 2. The van der Waals surface area contributed by atoms with Gasteiger partial charge < -0.3 is 20.1 Å². The summed E-state index contributed by atoms with van der Waals surface area (Å²) in [6.07, 6.45) is 12.1. The molecule has 1 aromatic rings. The Morgan fingerprint density at radius 2 is 2.09 bits per heavy atom. The third-order valence-corrected chi connectivity index (χ3v) is 4.80. The van der Waals surface area contributed by atoms with Crippen LogP contribution in [0, 0.1) is 0 Å². The quantitative estimate of drug-likeness (QED) is 0.258. The molecule has 1 aliphatic heterocycles. The number of amides is 2. The standard InChI is InChI=1S/C26H31FN4O4/c1-5-9-20(34-19(7-3)13-12-18(4)27)10-8-11-23-29-21(25(28)32)17-24(30-23)35-22-14-16-31(15-6-2)26(22)33/h6-10,12-13,17,22H,2,4-5,11,14-16H2,1,3H3,(H2,28,32). The molecule has 0 aromatic carbocycles. The number of primary amides is 1. The van der Waals surface area contributed by atoms with Gasteiger partial charge in [-0.05, 0) is 43.7 Å². The Morgan fingerprint density at radius 1 is 1.31 bits per heavy atom. The minimum atomic E-state index is -0.734. The summed E-state index contributed by atoms with van der Waals surface area (Å²) in [5, 5.41) is 0. The number of nitrogens with zero attached hydrogens (tertiary/aromatic N) is 3. The number of carbonyl (C=O) groups excluding carboxylic acids is 2. The predicted octanol–water partition coefficient (Wildman–Crippen LogP) is 4.09. The van der Waals surface area contributed by atoms with Gasteiger partial charge in [0.05, 0.1) is 0 Å². The van der Waals surface area contributed by atoms with Gasteiger partial charge in [-0.2, -0.15) is 4.98 Å². The molecule has 0 bridgehead atoms. The highest BCUT2D eigenvalue weighted by molar-refractivity contribution is 5.91. The first-order chi connectivity index (χ1) is 16.8. The molecule has 1 fully saturated rings. The number of allylic oxidation sites excluding steroid dienone is 7. The van der Waals surface area contributed by atoms with E-state index in [0.29, 0.717) is 37.4 Å². The van der Waals surface area contributed by atoms with E-state index in [1.165, 1.54) is 18.2 Å². The molecule has 0 saturated carbocycles. The molecule has 0 aliphatic carbocycles. The van der Waals surface area contributed by atoms with E-state index in [2.05, 4.69) is 23.1 Å². The Morgan fingerprint density at radius 3 is 2.71 bits per heavy atom. The minimum absolute atomic E-state index is 0.0137. The van der Waals surface area contributed by atoms with Crippen LogP contribution in [-0.4, -0.2) is 45.9 Å². The second-order valence-electron chi connectivity index (χ2n) is 7.53. The Bertz CT molecular complexity index is 1080. The van der Waals surface area contributed by atoms with E-state index in [4.69, 9.17) is 15.2 Å². The summed E-state index contributed by atoms with van der Waals surface area (Å²) < 4.78 is 24.5. The normalized spacial score (nSPS) is 16.8. The van der Waals surface area contributed by atoms with Gasteiger partial charge >= 0.3 is 0 Å². The number of likely N-dealkylation sites (tertiary alicyclic amines) is 1. The Hall–Kier alpha value is -4.01. The zero-order valence-corrected chi connectivity index (χ0v) is 20.1. The van der Waals surface area contributed by atoms with Gasteiger partial charge in [0.2, 0.25) is 5.88 Å². The number of halogens is 1. The maximum absolute atomic E-state index is 12.9. The highest BCUT2D eigenvalue weighted by Gasteiger charge is 2.33. The van der Waals surface area contributed by atoms with Gasteiger partial charge in [0.1, 0.15) is 28.9 Å². The van der Waals surface area contributed by atoms with E-state index in [1.807, 2.05) is 13.0 Å². The third-order valence-electron chi connectivity index (χ3n) is 4.80. The predicted molar refractivity (Wildman–Crippen MR) is 132 cm³/mol. The minimum Gasteiger partial charge on any atom is -0.464 e. The first-order valence-corrected chi connectivity index (χ1v) is 11.2. The maximum Gasteiger partial charge on any atom is 0.267 e. The number of aromatic nitrogens is 2. The van der Waals surface area contributed by atoms with Crippen LogP contribution >= 0.6 is 0 Å². The summed E-state index contributed by atoms with van der Waals surface area (Å²) in [5.74, 6) is -0.106. The molecule has 1 saturated heterocycles. The lowest BCUT2D eigenvalue weighted by molar-refractivity contribution is -0.133. The van der Waals surface area contributed by atoms with Crippen LogP contribution in [0.1, 0.15) is 43.0 Å². The Labute approximate surface area is 205 Å². The van der Waals surface area contributed by atoms with Crippen molar-refractivity contribution in [1.82, 2.24) is 14.9 Å². The van der Waals surface area contributed by atoms with Gasteiger partial charge in [-0.25, -0.2) is 9.37 Å². The highest BCUT2D eigenvalue weighted by atomic mass is 19.1. The van der Waals surface area contributed by atoms with Gasteiger partial charge in [0.15, 0.2) is 6.10 Å². The van der Waals surface area contributed by atoms with E-state index < -0.39 is 17.8 Å². The van der Waals surface area contributed by atoms with E-state index >= 15 is 0 Å². The number of rotatable bonds is 13. The first-order valence-electron chi connectivity index (χ1n) is 11.2. The van der Waals surface area contributed by atoms with Crippen LogP contribution in [0.2, 0.25) is 0 Å². The molecular formula is C26H31FN4O4. The van der Waals surface area contributed by atoms with E-state index in [1.54, 1.807) is 36.1 Å². The average molecular weight is 483 g/mol. The molecule has 186 valence electrons. The molecule has 2 rings (SSSR count). The van der Waals surface area contributed by atoms with Gasteiger partial charge in [0, 0.05) is 32.0 Å².